The molecule has 152 valence electrons. The van der Waals surface area contributed by atoms with Crippen LogP contribution in [0.15, 0.2) is 59.6 Å². The number of hydroxylamine groups is 1. The van der Waals surface area contributed by atoms with Crippen molar-refractivity contribution in [3.05, 3.63) is 71.3 Å². The minimum atomic E-state index is -0.524. The Balaban J connectivity index is 1.20. The lowest BCUT2D eigenvalue weighted by Crippen LogP contribution is -2.40. The fraction of sp³-hybridized carbons (Fsp3) is 0.364. The summed E-state index contributed by atoms with van der Waals surface area (Å²) in [6.07, 6.45) is 0.477. The van der Waals surface area contributed by atoms with Crippen LogP contribution >= 0.6 is 0 Å². The van der Waals surface area contributed by atoms with Crippen LogP contribution in [-0.4, -0.2) is 47.5 Å². The highest BCUT2D eigenvalue weighted by Crippen LogP contribution is 2.21. The molecular weight excluding hydrogens is 368 g/mol. The van der Waals surface area contributed by atoms with Crippen LogP contribution in [0.5, 0.6) is 0 Å². The van der Waals surface area contributed by atoms with Crippen molar-refractivity contribution in [2.24, 2.45) is 4.99 Å². The fourth-order valence-electron chi connectivity index (χ4n) is 3.68. The zero-order chi connectivity index (χ0) is 20.1. The molecule has 7 heteroatoms. The number of aliphatic imine (C=N–C) groups is 1. The number of hydrogen-bond donors (Lipinski definition) is 3. The smallest absolute Gasteiger partial charge is 0.288 e. The quantitative estimate of drug-likeness (QED) is 0.663. The zero-order valence-electron chi connectivity index (χ0n) is 16.3. The van der Waals surface area contributed by atoms with E-state index >= 15 is 0 Å². The van der Waals surface area contributed by atoms with Crippen LogP contribution in [0, 0.1) is 0 Å². The Morgan fingerprint density at radius 3 is 2.79 bits per heavy atom. The molecule has 0 bridgehead atoms. The summed E-state index contributed by atoms with van der Waals surface area (Å²) in [5.74, 6) is -0.177. The molecule has 2 aromatic rings. The molecular formula is C22H26N4O3. The van der Waals surface area contributed by atoms with Crippen molar-refractivity contribution in [3.8, 4) is 0 Å². The Labute approximate surface area is 170 Å². The molecule has 4 rings (SSSR count). The summed E-state index contributed by atoms with van der Waals surface area (Å²) in [7, 11) is 0. The van der Waals surface area contributed by atoms with E-state index < -0.39 is 12.3 Å². The second kappa shape index (κ2) is 9.17. The number of carbonyl (C=O) groups is 1. The van der Waals surface area contributed by atoms with E-state index in [4.69, 9.17) is 4.84 Å². The van der Waals surface area contributed by atoms with Gasteiger partial charge in [-0.1, -0.05) is 54.6 Å². The number of nitrogens with one attached hydrogen (secondary N) is 2. The van der Waals surface area contributed by atoms with Gasteiger partial charge >= 0.3 is 0 Å². The number of nitrogens with zero attached hydrogens (tertiary/aromatic N) is 2. The Bertz CT molecular complexity index is 871. The maximum atomic E-state index is 12.3. The second-order valence-corrected chi connectivity index (χ2v) is 7.41. The minimum absolute atomic E-state index is 0.154. The number of benzene rings is 2. The average Bonchev–Trinajstić information content (AvgIpc) is 3.25. The Kier molecular flexibility index (Phi) is 6.19. The van der Waals surface area contributed by atoms with Crippen LogP contribution in [0.25, 0.3) is 0 Å². The lowest BCUT2D eigenvalue weighted by atomic mass is 9.99. The predicted molar refractivity (Wildman–Crippen MR) is 110 cm³/mol. The zero-order valence-corrected chi connectivity index (χ0v) is 16.3. The molecule has 2 aliphatic rings. The van der Waals surface area contributed by atoms with E-state index in [1.54, 1.807) is 0 Å². The molecule has 0 saturated carbocycles. The second-order valence-electron chi connectivity index (χ2n) is 7.41. The van der Waals surface area contributed by atoms with Gasteiger partial charge in [0.05, 0.1) is 6.10 Å². The first kappa shape index (κ1) is 19.6. The lowest BCUT2D eigenvalue weighted by molar-refractivity contribution is -0.115. The van der Waals surface area contributed by atoms with Gasteiger partial charge in [-0.15, -0.1) is 0 Å². The summed E-state index contributed by atoms with van der Waals surface area (Å²) in [5, 5.41) is 13.1. The number of rotatable bonds is 7. The molecule has 0 radical (unpaired) electrons. The summed E-state index contributed by atoms with van der Waals surface area (Å²) < 4.78 is 0. The first-order valence-electron chi connectivity index (χ1n) is 9.99. The molecule has 0 aliphatic carbocycles. The van der Waals surface area contributed by atoms with Gasteiger partial charge in [0.1, 0.15) is 0 Å². The van der Waals surface area contributed by atoms with Crippen molar-refractivity contribution < 1.29 is 14.7 Å². The van der Waals surface area contributed by atoms with E-state index in [9.17, 15) is 9.90 Å². The standard InChI is InChI=1S/C22H26N4O3/c27-19(15-26-13-11-16-6-4-5-9-18(16)14-26)10-12-23-21(28)20-24-22(29-25-20)17-7-2-1-3-8-17/h1-9,19,22,27H,10-15H2,(H,23,28)(H,24,25). The van der Waals surface area contributed by atoms with E-state index in [2.05, 4.69) is 45.0 Å². The molecule has 7 nitrogen and oxygen atoms in total. The van der Waals surface area contributed by atoms with Crippen LogP contribution in [-0.2, 0) is 22.6 Å². The van der Waals surface area contributed by atoms with Crippen LogP contribution in [0.4, 0.5) is 0 Å². The van der Waals surface area contributed by atoms with Crippen molar-refractivity contribution in [1.29, 1.82) is 0 Å². The van der Waals surface area contributed by atoms with Crippen LogP contribution in [0.1, 0.15) is 29.3 Å². The highest BCUT2D eigenvalue weighted by molar-refractivity contribution is 6.37. The Morgan fingerprint density at radius 2 is 1.97 bits per heavy atom. The van der Waals surface area contributed by atoms with E-state index in [1.165, 1.54) is 11.1 Å². The van der Waals surface area contributed by atoms with Gasteiger partial charge in [-0.2, -0.15) is 0 Å². The third-order valence-corrected chi connectivity index (χ3v) is 5.26. The summed E-state index contributed by atoms with van der Waals surface area (Å²) in [6, 6.07) is 17.9. The number of amidine groups is 1. The van der Waals surface area contributed by atoms with Crippen molar-refractivity contribution in [2.45, 2.75) is 31.7 Å². The Morgan fingerprint density at radius 1 is 1.21 bits per heavy atom. The van der Waals surface area contributed by atoms with Gasteiger partial charge in [0.15, 0.2) is 0 Å². The number of carbonyl (C=O) groups excluding carboxylic acids is 1. The maximum absolute atomic E-state index is 12.3. The predicted octanol–water partition coefficient (Wildman–Crippen LogP) is 1.54. The third-order valence-electron chi connectivity index (χ3n) is 5.26. The molecule has 29 heavy (non-hydrogen) atoms. The molecule has 2 unspecified atom stereocenters. The van der Waals surface area contributed by atoms with Gasteiger partial charge in [0.2, 0.25) is 12.1 Å². The van der Waals surface area contributed by atoms with Gasteiger partial charge in [-0.25, -0.2) is 15.3 Å². The molecule has 2 heterocycles. The lowest BCUT2D eigenvalue weighted by Gasteiger charge is -2.30. The molecule has 0 aromatic heterocycles. The number of amides is 1. The fourth-order valence-corrected chi connectivity index (χ4v) is 3.68. The number of fused-ring (bicyclic) bond motifs is 1. The van der Waals surface area contributed by atoms with Gasteiger partial charge in [-0.3, -0.25) is 9.69 Å². The summed E-state index contributed by atoms with van der Waals surface area (Å²) >= 11 is 0. The molecule has 2 atom stereocenters. The number of hydrogen-bond acceptors (Lipinski definition) is 6. The van der Waals surface area contributed by atoms with Gasteiger partial charge < -0.3 is 10.4 Å². The van der Waals surface area contributed by atoms with Crippen molar-refractivity contribution in [1.82, 2.24) is 15.7 Å². The largest absolute Gasteiger partial charge is 0.392 e. The number of aliphatic hydroxyl groups excluding tert-OH is 1. The first-order chi connectivity index (χ1) is 14.2. The van der Waals surface area contributed by atoms with Crippen LogP contribution < -0.4 is 10.8 Å². The SMILES string of the molecule is O=C(NCCC(O)CN1CCc2ccccc2C1)C1=NC(c2ccccc2)ON1. The highest BCUT2D eigenvalue weighted by atomic mass is 16.7. The first-order valence-corrected chi connectivity index (χ1v) is 9.99. The molecule has 0 fully saturated rings. The van der Waals surface area contributed by atoms with Gasteiger partial charge in [-0.05, 0) is 24.0 Å². The van der Waals surface area contributed by atoms with Crippen molar-refractivity contribution in [3.63, 3.8) is 0 Å². The summed E-state index contributed by atoms with van der Waals surface area (Å²) in [5.41, 5.74) is 6.19. The Hall–Kier alpha value is -2.74. The number of aliphatic hydroxyl groups is 1. The van der Waals surface area contributed by atoms with Gasteiger partial charge in [0.25, 0.3) is 5.91 Å². The molecule has 3 N–H and O–H groups in total. The molecule has 2 aromatic carbocycles. The average molecular weight is 394 g/mol. The molecule has 0 saturated heterocycles. The minimum Gasteiger partial charge on any atom is -0.392 e. The highest BCUT2D eigenvalue weighted by Gasteiger charge is 2.24. The molecule has 0 spiro atoms. The normalized spacial score (nSPS) is 19.8. The number of β-amino-alcohol motifs (C(OH)–C–C–N with tert-alkyl or cyclic N) is 1. The molecule has 2 aliphatic heterocycles. The van der Waals surface area contributed by atoms with E-state index in [-0.39, 0.29) is 11.7 Å². The summed E-state index contributed by atoms with van der Waals surface area (Å²) in [6.45, 7) is 2.78. The summed E-state index contributed by atoms with van der Waals surface area (Å²) in [4.78, 5) is 24.1. The van der Waals surface area contributed by atoms with Crippen LogP contribution in [0.3, 0.4) is 0 Å². The third kappa shape index (κ3) is 5.00. The molecule has 1 amide bonds. The maximum Gasteiger partial charge on any atom is 0.288 e. The monoisotopic (exact) mass is 394 g/mol. The topological polar surface area (TPSA) is 86.2 Å². The van der Waals surface area contributed by atoms with Crippen molar-refractivity contribution >= 4 is 11.7 Å². The van der Waals surface area contributed by atoms with E-state index in [0.717, 1.165) is 25.1 Å². The van der Waals surface area contributed by atoms with E-state index in [0.29, 0.717) is 19.5 Å². The van der Waals surface area contributed by atoms with Crippen LogP contribution in [0.2, 0.25) is 0 Å². The van der Waals surface area contributed by atoms with Crippen molar-refractivity contribution in [2.75, 3.05) is 19.6 Å². The van der Waals surface area contributed by atoms with Gasteiger partial charge in [0, 0.05) is 31.7 Å². The van der Waals surface area contributed by atoms with E-state index in [1.807, 2.05) is 30.3 Å².